The van der Waals surface area contributed by atoms with Crippen LogP contribution >= 0.6 is 0 Å². The van der Waals surface area contributed by atoms with Crippen LogP contribution < -0.4 is 14.2 Å². The summed E-state index contributed by atoms with van der Waals surface area (Å²) in [6.07, 6.45) is 0. The van der Waals surface area contributed by atoms with Crippen molar-refractivity contribution in [1.29, 1.82) is 0 Å². The van der Waals surface area contributed by atoms with Crippen LogP contribution in [-0.2, 0) is 0 Å². The third kappa shape index (κ3) is 2.58. The maximum Gasteiger partial charge on any atom is 0.271 e. The zero-order valence-electron chi connectivity index (χ0n) is 13.3. The predicted octanol–water partition coefficient (Wildman–Crippen LogP) is 3.16. The fourth-order valence-corrected chi connectivity index (χ4v) is 2.47. The van der Waals surface area contributed by atoms with Gasteiger partial charge in [0, 0.05) is 17.7 Å². The lowest BCUT2D eigenvalue weighted by Crippen LogP contribution is -1.96. The number of nitrogens with zero attached hydrogens (tertiary/aromatic N) is 2. The number of methoxy groups -OCH3 is 3. The van der Waals surface area contributed by atoms with Crippen molar-refractivity contribution in [1.82, 2.24) is 9.97 Å². The standard InChI is InChI=1S/C16H15N3O5/c1-22-13-6-9(7-14(23-2)15(13)24-3)16-17-11-5-4-10(19(20)21)8-12(11)18-16/h4-8H,1-3H3,(H,17,18). The van der Waals surface area contributed by atoms with E-state index in [2.05, 4.69) is 9.97 Å². The first-order valence-electron chi connectivity index (χ1n) is 7.02. The van der Waals surface area contributed by atoms with Crippen LogP contribution in [-0.4, -0.2) is 36.2 Å². The van der Waals surface area contributed by atoms with Crippen LogP contribution in [0.25, 0.3) is 22.4 Å². The summed E-state index contributed by atoms with van der Waals surface area (Å²) in [5, 5.41) is 10.9. The highest BCUT2D eigenvalue weighted by atomic mass is 16.6. The number of hydrogen-bond donors (Lipinski definition) is 1. The van der Waals surface area contributed by atoms with E-state index in [4.69, 9.17) is 14.2 Å². The van der Waals surface area contributed by atoms with Crippen molar-refractivity contribution in [2.75, 3.05) is 21.3 Å². The summed E-state index contributed by atoms with van der Waals surface area (Å²) >= 11 is 0. The Hall–Kier alpha value is -3.29. The van der Waals surface area contributed by atoms with Crippen molar-refractivity contribution in [3.63, 3.8) is 0 Å². The van der Waals surface area contributed by atoms with E-state index in [1.54, 1.807) is 18.2 Å². The van der Waals surface area contributed by atoms with Crippen molar-refractivity contribution >= 4 is 16.7 Å². The predicted molar refractivity (Wildman–Crippen MR) is 87.8 cm³/mol. The molecule has 0 atom stereocenters. The molecule has 3 rings (SSSR count). The molecule has 0 bridgehead atoms. The fraction of sp³-hybridized carbons (Fsp3) is 0.188. The third-order valence-corrected chi connectivity index (χ3v) is 3.61. The monoisotopic (exact) mass is 329 g/mol. The van der Waals surface area contributed by atoms with Gasteiger partial charge in [0.2, 0.25) is 5.75 Å². The van der Waals surface area contributed by atoms with Gasteiger partial charge in [0.15, 0.2) is 11.5 Å². The molecule has 24 heavy (non-hydrogen) atoms. The maximum absolute atomic E-state index is 10.9. The Morgan fingerprint density at radius 2 is 1.71 bits per heavy atom. The summed E-state index contributed by atoms with van der Waals surface area (Å²) in [4.78, 5) is 18.0. The largest absolute Gasteiger partial charge is 0.493 e. The Bertz CT molecular complexity index is 894. The molecule has 8 heteroatoms. The van der Waals surface area contributed by atoms with Crippen LogP contribution in [0.3, 0.4) is 0 Å². The molecule has 0 aliphatic carbocycles. The molecule has 0 radical (unpaired) electrons. The molecule has 0 saturated heterocycles. The summed E-state index contributed by atoms with van der Waals surface area (Å²) in [5.74, 6) is 2.02. The molecular formula is C16H15N3O5. The van der Waals surface area contributed by atoms with Gasteiger partial charge in [-0.25, -0.2) is 4.98 Å². The van der Waals surface area contributed by atoms with Crippen molar-refractivity contribution in [2.45, 2.75) is 0 Å². The molecule has 0 unspecified atom stereocenters. The second-order valence-electron chi connectivity index (χ2n) is 4.96. The van der Waals surface area contributed by atoms with Crippen LogP contribution in [0.2, 0.25) is 0 Å². The molecule has 2 aromatic carbocycles. The number of rotatable bonds is 5. The van der Waals surface area contributed by atoms with Crippen molar-refractivity contribution < 1.29 is 19.1 Å². The van der Waals surface area contributed by atoms with Gasteiger partial charge < -0.3 is 19.2 Å². The van der Waals surface area contributed by atoms with E-state index in [-0.39, 0.29) is 5.69 Å². The minimum Gasteiger partial charge on any atom is -0.493 e. The van der Waals surface area contributed by atoms with Crippen LogP contribution in [0.15, 0.2) is 30.3 Å². The van der Waals surface area contributed by atoms with Crippen molar-refractivity contribution in [2.24, 2.45) is 0 Å². The number of fused-ring (bicyclic) bond motifs is 1. The van der Waals surface area contributed by atoms with Crippen molar-refractivity contribution in [3.05, 3.63) is 40.4 Å². The van der Waals surface area contributed by atoms with Gasteiger partial charge in [0.05, 0.1) is 37.3 Å². The van der Waals surface area contributed by atoms with Gasteiger partial charge in [-0.15, -0.1) is 0 Å². The molecule has 0 aliphatic heterocycles. The summed E-state index contributed by atoms with van der Waals surface area (Å²) in [7, 11) is 4.59. The number of hydrogen-bond acceptors (Lipinski definition) is 6. The van der Waals surface area contributed by atoms with Gasteiger partial charge in [-0.3, -0.25) is 10.1 Å². The average Bonchev–Trinajstić information content (AvgIpc) is 3.03. The first-order valence-corrected chi connectivity index (χ1v) is 7.02. The number of ether oxygens (including phenoxy) is 3. The second-order valence-corrected chi connectivity index (χ2v) is 4.96. The van der Waals surface area contributed by atoms with Gasteiger partial charge in [-0.2, -0.15) is 0 Å². The first-order chi connectivity index (χ1) is 11.6. The molecule has 1 aromatic heterocycles. The molecule has 124 valence electrons. The zero-order valence-corrected chi connectivity index (χ0v) is 13.3. The Labute approximate surface area is 137 Å². The number of non-ortho nitro benzene ring substituents is 1. The Morgan fingerprint density at radius 3 is 2.25 bits per heavy atom. The molecule has 3 aromatic rings. The Kier molecular flexibility index (Phi) is 3.95. The summed E-state index contributed by atoms with van der Waals surface area (Å²) < 4.78 is 16.0. The van der Waals surface area contributed by atoms with Crippen molar-refractivity contribution in [3.8, 4) is 28.6 Å². The first kappa shape index (κ1) is 15.6. The minimum absolute atomic E-state index is 0.00240. The van der Waals surface area contributed by atoms with E-state index < -0.39 is 4.92 Å². The van der Waals surface area contributed by atoms with Crippen LogP contribution in [0.5, 0.6) is 17.2 Å². The lowest BCUT2D eigenvalue weighted by Gasteiger charge is -2.13. The molecule has 0 spiro atoms. The van der Waals surface area contributed by atoms with E-state index in [1.165, 1.54) is 33.5 Å². The number of nitrogens with one attached hydrogen (secondary N) is 1. The number of nitro groups is 1. The highest BCUT2D eigenvalue weighted by Gasteiger charge is 2.16. The average molecular weight is 329 g/mol. The quantitative estimate of drug-likeness (QED) is 0.570. The minimum atomic E-state index is -0.445. The van der Waals surface area contributed by atoms with Crippen LogP contribution in [0, 0.1) is 10.1 Å². The SMILES string of the molecule is COc1cc(-c2nc3ccc([N+](=O)[O-])cc3[nH]2)cc(OC)c1OC. The topological polar surface area (TPSA) is 99.5 Å². The molecule has 1 heterocycles. The van der Waals surface area contributed by atoms with E-state index in [0.29, 0.717) is 39.7 Å². The number of aromatic amines is 1. The molecule has 0 saturated carbocycles. The fourth-order valence-electron chi connectivity index (χ4n) is 2.47. The lowest BCUT2D eigenvalue weighted by molar-refractivity contribution is -0.384. The van der Waals surface area contributed by atoms with Gasteiger partial charge in [0.1, 0.15) is 5.82 Å². The number of imidazole rings is 1. The Balaban J connectivity index is 2.14. The lowest BCUT2D eigenvalue weighted by atomic mass is 10.1. The number of aromatic nitrogens is 2. The number of benzene rings is 2. The summed E-state index contributed by atoms with van der Waals surface area (Å²) in [6, 6.07) is 7.98. The van der Waals surface area contributed by atoms with Gasteiger partial charge in [-0.05, 0) is 18.2 Å². The normalized spacial score (nSPS) is 10.6. The molecule has 0 amide bonds. The van der Waals surface area contributed by atoms with Crippen LogP contribution in [0.4, 0.5) is 5.69 Å². The van der Waals surface area contributed by atoms with E-state index in [1.807, 2.05) is 0 Å². The number of nitro benzene ring substituents is 1. The van der Waals surface area contributed by atoms with Crippen LogP contribution in [0.1, 0.15) is 0 Å². The number of H-pyrrole nitrogens is 1. The van der Waals surface area contributed by atoms with Gasteiger partial charge in [0.25, 0.3) is 5.69 Å². The Morgan fingerprint density at radius 1 is 1.04 bits per heavy atom. The smallest absolute Gasteiger partial charge is 0.271 e. The third-order valence-electron chi connectivity index (χ3n) is 3.61. The molecular weight excluding hydrogens is 314 g/mol. The summed E-state index contributed by atoms with van der Waals surface area (Å²) in [6.45, 7) is 0. The van der Waals surface area contributed by atoms with E-state index in [9.17, 15) is 10.1 Å². The van der Waals surface area contributed by atoms with Gasteiger partial charge >= 0.3 is 0 Å². The summed E-state index contributed by atoms with van der Waals surface area (Å²) in [5.41, 5.74) is 1.92. The van der Waals surface area contributed by atoms with Gasteiger partial charge in [-0.1, -0.05) is 0 Å². The maximum atomic E-state index is 10.9. The highest BCUT2D eigenvalue weighted by Crippen LogP contribution is 2.40. The van der Waals surface area contributed by atoms with E-state index in [0.717, 1.165) is 0 Å². The van der Waals surface area contributed by atoms with E-state index >= 15 is 0 Å². The molecule has 1 N–H and O–H groups in total. The molecule has 0 fully saturated rings. The highest BCUT2D eigenvalue weighted by molar-refractivity contribution is 5.82. The molecule has 0 aliphatic rings. The second kappa shape index (κ2) is 6.07. The zero-order chi connectivity index (χ0) is 17.3. The molecule has 8 nitrogen and oxygen atoms in total.